The first kappa shape index (κ1) is 29.5. The molecule has 0 spiro atoms. The summed E-state index contributed by atoms with van der Waals surface area (Å²) in [5.41, 5.74) is 12.2. The Balaban J connectivity index is 1.14. The van der Waals surface area contributed by atoms with Gasteiger partial charge >= 0.3 is 0 Å². The molecule has 0 unspecified atom stereocenters. The van der Waals surface area contributed by atoms with Crippen LogP contribution in [-0.2, 0) is 0 Å². The Hall–Kier alpha value is -6.64. The van der Waals surface area contributed by atoms with Gasteiger partial charge < -0.3 is 9.32 Å². The van der Waals surface area contributed by atoms with E-state index in [1.807, 2.05) is 12.1 Å². The molecule has 0 aliphatic heterocycles. The van der Waals surface area contributed by atoms with Gasteiger partial charge in [-0.15, -0.1) is 0 Å². The maximum atomic E-state index is 6.42. The van der Waals surface area contributed by atoms with Crippen LogP contribution in [0.15, 0.2) is 205 Å². The highest BCUT2D eigenvalue weighted by Crippen LogP contribution is 2.41. The van der Waals surface area contributed by atoms with Crippen LogP contribution in [0.1, 0.15) is 0 Å². The van der Waals surface area contributed by atoms with Crippen molar-refractivity contribution in [3.63, 3.8) is 0 Å². The summed E-state index contributed by atoms with van der Waals surface area (Å²) >= 11 is 0. The van der Waals surface area contributed by atoms with Gasteiger partial charge in [-0.3, -0.25) is 0 Å². The number of fused-ring (bicyclic) bond motifs is 2. The monoisotopic (exact) mass is 639 g/mol. The molecule has 2 nitrogen and oxygen atoms in total. The van der Waals surface area contributed by atoms with E-state index >= 15 is 0 Å². The molecule has 0 saturated heterocycles. The lowest BCUT2D eigenvalue weighted by atomic mass is 9.93. The van der Waals surface area contributed by atoms with Crippen molar-refractivity contribution in [1.82, 2.24) is 0 Å². The molecule has 0 N–H and O–H groups in total. The summed E-state index contributed by atoms with van der Waals surface area (Å²) in [4.78, 5) is 2.35. The van der Waals surface area contributed by atoms with E-state index in [2.05, 4.69) is 193 Å². The fraction of sp³-hybridized carbons (Fsp3) is 0. The molecule has 2 heteroatoms. The number of furan rings is 1. The molecule has 9 rings (SSSR count). The molecule has 8 aromatic carbocycles. The first-order valence-corrected chi connectivity index (χ1v) is 17.0. The Kier molecular flexibility index (Phi) is 7.53. The zero-order valence-corrected chi connectivity index (χ0v) is 27.4. The lowest BCUT2D eigenvalue weighted by Gasteiger charge is -2.26. The zero-order valence-electron chi connectivity index (χ0n) is 27.4. The normalized spacial score (nSPS) is 11.2. The van der Waals surface area contributed by atoms with E-state index in [0.717, 1.165) is 61.6 Å². The van der Waals surface area contributed by atoms with Crippen LogP contribution in [0.3, 0.4) is 0 Å². The highest BCUT2D eigenvalue weighted by molar-refractivity contribution is 5.92. The molecule has 0 bridgehead atoms. The Morgan fingerprint density at radius 1 is 0.300 bits per heavy atom. The molecule has 1 heterocycles. The van der Waals surface area contributed by atoms with Crippen molar-refractivity contribution in [3.05, 3.63) is 200 Å². The summed E-state index contributed by atoms with van der Waals surface area (Å²) in [6.45, 7) is 0. The van der Waals surface area contributed by atoms with Crippen LogP contribution in [0.5, 0.6) is 0 Å². The molecule has 0 aliphatic rings. The van der Waals surface area contributed by atoms with Crippen molar-refractivity contribution in [2.45, 2.75) is 0 Å². The van der Waals surface area contributed by atoms with Crippen molar-refractivity contribution < 1.29 is 4.42 Å². The second-order valence-corrected chi connectivity index (χ2v) is 12.6. The van der Waals surface area contributed by atoms with Crippen LogP contribution in [0.2, 0.25) is 0 Å². The zero-order chi connectivity index (χ0) is 33.3. The third-order valence-corrected chi connectivity index (χ3v) is 9.46. The minimum atomic E-state index is 0.865. The lowest BCUT2D eigenvalue weighted by Crippen LogP contribution is -2.10. The molecule has 0 saturated carbocycles. The van der Waals surface area contributed by atoms with Gasteiger partial charge in [-0.2, -0.15) is 0 Å². The molecule has 0 fully saturated rings. The second kappa shape index (κ2) is 12.8. The molecule has 0 amide bonds. The quantitative estimate of drug-likeness (QED) is 0.173. The Morgan fingerprint density at radius 2 is 0.880 bits per heavy atom. The minimum Gasteiger partial charge on any atom is -0.456 e. The molecule has 0 radical (unpaired) electrons. The van der Waals surface area contributed by atoms with E-state index in [-0.39, 0.29) is 0 Å². The molecule has 50 heavy (non-hydrogen) atoms. The van der Waals surface area contributed by atoms with E-state index < -0.39 is 0 Å². The predicted octanol–water partition coefficient (Wildman–Crippen LogP) is 13.7. The van der Waals surface area contributed by atoms with Gasteiger partial charge in [-0.25, -0.2) is 0 Å². The maximum absolute atomic E-state index is 6.42. The first-order valence-electron chi connectivity index (χ1n) is 17.0. The van der Waals surface area contributed by atoms with E-state index in [1.54, 1.807) is 0 Å². The van der Waals surface area contributed by atoms with E-state index in [4.69, 9.17) is 4.42 Å². The second-order valence-electron chi connectivity index (χ2n) is 12.6. The van der Waals surface area contributed by atoms with E-state index in [9.17, 15) is 0 Å². The van der Waals surface area contributed by atoms with Crippen LogP contribution >= 0.6 is 0 Å². The molecule has 1 aromatic heterocycles. The predicted molar refractivity (Wildman–Crippen MR) is 210 cm³/mol. The summed E-state index contributed by atoms with van der Waals surface area (Å²) in [6.07, 6.45) is 0. The first-order chi connectivity index (χ1) is 24.8. The summed E-state index contributed by atoms with van der Waals surface area (Å²) in [6, 6.07) is 71.1. The van der Waals surface area contributed by atoms with Gasteiger partial charge in [0.25, 0.3) is 0 Å². The number of rotatable bonds is 7. The summed E-state index contributed by atoms with van der Waals surface area (Å²) in [5.74, 6) is 0.865. The van der Waals surface area contributed by atoms with Gasteiger partial charge in [0, 0.05) is 28.0 Å². The topological polar surface area (TPSA) is 16.4 Å². The van der Waals surface area contributed by atoms with Gasteiger partial charge in [0.2, 0.25) is 0 Å². The van der Waals surface area contributed by atoms with Crippen molar-refractivity contribution in [2.24, 2.45) is 0 Å². The van der Waals surface area contributed by atoms with Gasteiger partial charge in [0.05, 0.1) is 0 Å². The van der Waals surface area contributed by atoms with E-state index in [1.165, 1.54) is 21.9 Å². The molecule has 0 atom stereocenters. The van der Waals surface area contributed by atoms with Crippen molar-refractivity contribution in [2.75, 3.05) is 4.90 Å². The highest BCUT2D eigenvalue weighted by Gasteiger charge is 2.17. The third kappa shape index (κ3) is 5.63. The number of hydrogen-bond acceptors (Lipinski definition) is 2. The van der Waals surface area contributed by atoms with Gasteiger partial charge in [0.1, 0.15) is 11.3 Å². The number of benzene rings is 8. The van der Waals surface area contributed by atoms with Crippen molar-refractivity contribution in [3.8, 4) is 44.7 Å². The van der Waals surface area contributed by atoms with Gasteiger partial charge in [-0.05, 0) is 98.8 Å². The maximum Gasteiger partial charge on any atom is 0.136 e. The number of para-hydroxylation sites is 1. The summed E-state index contributed by atoms with van der Waals surface area (Å²) in [7, 11) is 0. The summed E-state index contributed by atoms with van der Waals surface area (Å²) < 4.78 is 6.42. The molecule has 0 aliphatic carbocycles. The SMILES string of the molecule is c1ccc(-c2cccc(N(c3ccc(-c4ccc(-c5ccccc5)c(-c5cc6ccccc6o5)c4)cc3)c3ccc4ccccc4c3)c2)cc1. The fourth-order valence-electron chi connectivity index (χ4n) is 6.93. The average molecular weight is 640 g/mol. The molecular weight excluding hydrogens is 607 g/mol. The number of anilines is 3. The molecule has 9 aromatic rings. The smallest absolute Gasteiger partial charge is 0.136 e. The van der Waals surface area contributed by atoms with Crippen LogP contribution in [0, 0.1) is 0 Å². The lowest BCUT2D eigenvalue weighted by molar-refractivity contribution is 0.632. The average Bonchev–Trinajstić information content (AvgIpc) is 3.63. The Labute approximate surface area is 292 Å². The molecular formula is C48H33NO. The largest absolute Gasteiger partial charge is 0.456 e. The Morgan fingerprint density at radius 3 is 1.66 bits per heavy atom. The fourth-order valence-corrected chi connectivity index (χ4v) is 6.93. The summed E-state index contributed by atoms with van der Waals surface area (Å²) in [5, 5.41) is 3.53. The minimum absolute atomic E-state index is 0.865. The van der Waals surface area contributed by atoms with Gasteiger partial charge in [0.15, 0.2) is 0 Å². The van der Waals surface area contributed by atoms with Crippen LogP contribution in [-0.4, -0.2) is 0 Å². The molecule has 236 valence electrons. The van der Waals surface area contributed by atoms with Crippen LogP contribution in [0.4, 0.5) is 17.1 Å². The van der Waals surface area contributed by atoms with Crippen LogP contribution < -0.4 is 4.90 Å². The highest BCUT2D eigenvalue weighted by atomic mass is 16.3. The van der Waals surface area contributed by atoms with Crippen molar-refractivity contribution in [1.29, 1.82) is 0 Å². The van der Waals surface area contributed by atoms with Crippen molar-refractivity contribution >= 4 is 38.8 Å². The Bertz CT molecular complexity index is 2550. The number of hydrogen-bond donors (Lipinski definition) is 0. The number of nitrogens with zero attached hydrogens (tertiary/aromatic N) is 1. The third-order valence-electron chi connectivity index (χ3n) is 9.46. The van der Waals surface area contributed by atoms with Gasteiger partial charge in [-0.1, -0.05) is 146 Å². The van der Waals surface area contributed by atoms with Crippen LogP contribution in [0.25, 0.3) is 66.4 Å². The van der Waals surface area contributed by atoms with E-state index in [0.29, 0.717) is 0 Å². The standard InChI is InChI=1S/C48H33NO/c1-3-12-34(13-4-1)39-19-11-20-43(30-39)49(44-28-24-35-14-7-8-17-38(35)31-44)42-26-22-36(23-27-42)40-25-29-45(37-15-5-2-6-16-37)46(32-40)48-33-41-18-9-10-21-47(41)50-48/h1-33H.